The maximum absolute atomic E-state index is 12.4. The van der Waals surface area contributed by atoms with Gasteiger partial charge >= 0.3 is 124 Å². The Hall–Kier alpha value is 0.476. The second-order valence-electron chi connectivity index (χ2n) is 9.80. The Morgan fingerprint density at radius 1 is 0.500 bits per heavy atom. The molecule has 0 bridgehead atoms. The van der Waals surface area contributed by atoms with Crippen LogP contribution in [-0.2, 0) is 126 Å². The van der Waals surface area contributed by atoms with Crippen molar-refractivity contribution >= 4 is 83.2 Å². The summed E-state index contributed by atoms with van der Waals surface area (Å²) in [5, 5.41) is 10.0. The van der Waals surface area contributed by atoms with Crippen LogP contribution in [0.15, 0.2) is 0 Å². The maximum atomic E-state index is 12.4. The van der Waals surface area contributed by atoms with E-state index in [1.807, 2.05) is 0 Å². The SMILES string of the molecule is O=S(=O)([O-])OCC1OC(COS(=O)(=O)O)(C2(OS(=O)(=O)O)OC(CO)C(OS(=O)(=O)O)C(OS(=O)(=O)O)C2OS(=O)(=O)O)C(OS(=O)(=O)O)C1OS(=O)(=O)O.[K+]. The number of aliphatic hydroxyl groups is 1. The smallest absolute Gasteiger partial charge is 0.726 e. The van der Waals surface area contributed by atoms with Gasteiger partial charge in [0.25, 0.3) is 5.79 Å². The fourth-order valence-corrected chi connectivity index (χ4v) is 8.56. The first-order valence-corrected chi connectivity index (χ1v) is 23.2. The molecule has 0 amide bonds. The second-order valence-corrected chi connectivity index (χ2v) is 18.2. The van der Waals surface area contributed by atoms with Gasteiger partial charge in [0.05, 0.1) is 13.2 Å². The summed E-state index contributed by atoms with van der Waals surface area (Å²) in [6, 6.07) is 0. The molecule has 0 saturated carbocycles. The normalized spacial score (nSPS) is 31.5. The number of ether oxygens (including phenoxy) is 2. The van der Waals surface area contributed by atoms with Crippen molar-refractivity contribution in [2.75, 3.05) is 19.8 Å². The predicted molar refractivity (Wildman–Crippen MR) is 150 cm³/mol. The van der Waals surface area contributed by atoms with Crippen LogP contribution in [0.25, 0.3) is 0 Å². The van der Waals surface area contributed by atoms with Crippen molar-refractivity contribution in [2.24, 2.45) is 0 Å². The summed E-state index contributed by atoms with van der Waals surface area (Å²) in [4.78, 5) is 0. The minimum absolute atomic E-state index is 0. The standard InChI is InChI=1S/C12H22O35S8.K/c13-1-4-6(42-50(20,21)22)8(44-52(26,27)28)10(46-54(32,33)34)12(41-4,47-55(35,36)37)11(3-39-49(17,18)19)9(45-53(29,30)31)7(43-51(23,24)25)5(40-11)2-38-48(14,15)16;/h4-10,13H,1-3H2,(H,14,15,16)(H,17,18,19)(H,20,21,22)(H,23,24,25)(H,26,27,28)(H,29,30,31)(H,32,33,34)(H,35,36,37);/q;+1/p-1. The molecule has 35 nitrogen and oxygen atoms in total. The van der Waals surface area contributed by atoms with E-state index >= 15 is 0 Å². The van der Waals surface area contributed by atoms with E-state index in [4.69, 9.17) is 9.47 Å². The molecule has 2 aliphatic heterocycles. The van der Waals surface area contributed by atoms with Crippen LogP contribution in [0.4, 0.5) is 0 Å². The molecule has 328 valence electrons. The molecule has 56 heavy (non-hydrogen) atoms. The molecular formula is C12H21KO35S8. The van der Waals surface area contributed by atoms with Gasteiger partial charge in [-0.1, -0.05) is 0 Å². The number of hydrogen-bond donors (Lipinski definition) is 8. The van der Waals surface area contributed by atoms with Crippen molar-refractivity contribution < 1.29 is 203 Å². The zero-order valence-corrected chi connectivity index (χ0v) is 35.7. The fourth-order valence-electron chi connectivity index (χ4n) is 4.81. The van der Waals surface area contributed by atoms with Gasteiger partial charge in [-0.2, -0.15) is 58.9 Å². The largest absolute Gasteiger partial charge is 1.00 e. The summed E-state index contributed by atoms with van der Waals surface area (Å²) in [6.07, 6.45) is -25.6. The predicted octanol–water partition coefficient (Wildman–Crippen LogP) is -10.7. The van der Waals surface area contributed by atoms with Gasteiger partial charge in [0.15, 0.2) is 11.7 Å². The van der Waals surface area contributed by atoms with Crippen molar-refractivity contribution in [3.63, 3.8) is 0 Å². The van der Waals surface area contributed by atoms with Crippen molar-refractivity contribution in [1.82, 2.24) is 0 Å². The van der Waals surface area contributed by atoms with Crippen LogP contribution in [0, 0.1) is 0 Å². The molecule has 0 aromatic heterocycles. The van der Waals surface area contributed by atoms with Crippen LogP contribution in [0.1, 0.15) is 0 Å². The summed E-state index contributed by atoms with van der Waals surface area (Å²) in [5.41, 5.74) is -4.79. The van der Waals surface area contributed by atoms with Crippen LogP contribution in [0.2, 0.25) is 0 Å². The van der Waals surface area contributed by atoms with Crippen LogP contribution in [0.3, 0.4) is 0 Å². The molecule has 2 aliphatic rings. The first-order chi connectivity index (χ1) is 24.1. The van der Waals surface area contributed by atoms with Gasteiger partial charge in [-0.15, -0.1) is 0 Å². The van der Waals surface area contributed by atoms with Gasteiger partial charge in [0.1, 0.15) is 43.2 Å². The Kier molecular flexibility index (Phi) is 17.9. The average molecular weight is 1020 g/mol. The summed E-state index contributed by atoms with van der Waals surface area (Å²) < 4.78 is 310. The molecule has 0 aliphatic carbocycles. The van der Waals surface area contributed by atoms with Gasteiger partial charge in [0, 0.05) is 0 Å². The number of hydrogen-bond acceptors (Lipinski definition) is 28. The van der Waals surface area contributed by atoms with Crippen molar-refractivity contribution in [3.8, 4) is 0 Å². The average Bonchev–Trinajstić information content (AvgIpc) is 3.16. The molecule has 2 rings (SSSR count). The fraction of sp³-hybridized carbons (Fsp3) is 1.00. The second kappa shape index (κ2) is 18.4. The van der Waals surface area contributed by atoms with E-state index in [9.17, 15) is 109 Å². The van der Waals surface area contributed by atoms with Crippen LogP contribution >= 0.6 is 0 Å². The van der Waals surface area contributed by atoms with Gasteiger partial charge < -0.3 is 19.1 Å². The quantitative estimate of drug-likeness (QED) is 0.0319. The Balaban J connectivity index is 0.0000157. The third-order valence-corrected chi connectivity index (χ3v) is 9.72. The summed E-state index contributed by atoms with van der Waals surface area (Å²) in [7, 11) is -51.5. The summed E-state index contributed by atoms with van der Waals surface area (Å²) in [5.74, 6) is -5.18. The van der Waals surface area contributed by atoms with Crippen molar-refractivity contribution in [3.05, 3.63) is 0 Å². The molecule has 0 radical (unpaired) electrons. The van der Waals surface area contributed by atoms with Crippen molar-refractivity contribution in [1.29, 1.82) is 0 Å². The molecule has 2 heterocycles. The summed E-state index contributed by atoms with van der Waals surface area (Å²) >= 11 is 0. The van der Waals surface area contributed by atoms with Gasteiger partial charge in [-0.05, 0) is 0 Å². The molecular weight excluding hydrogens is 1000 g/mol. The van der Waals surface area contributed by atoms with Crippen LogP contribution < -0.4 is 51.4 Å². The minimum Gasteiger partial charge on any atom is -0.726 e. The first-order valence-electron chi connectivity index (χ1n) is 12.3. The molecule has 2 fully saturated rings. The van der Waals surface area contributed by atoms with Gasteiger partial charge in [-0.25, -0.2) is 37.7 Å². The van der Waals surface area contributed by atoms with E-state index in [-0.39, 0.29) is 51.4 Å². The van der Waals surface area contributed by atoms with E-state index in [2.05, 4.69) is 33.5 Å². The van der Waals surface area contributed by atoms with E-state index < -0.39 is 157 Å². The third kappa shape index (κ3) is 16.4. The van der Waals surface area contributed by atoms with Crippen LogP contribution in [0.5, 0.6) is 0 Å². The molecule has 44 heteroatoms. The van der Waals surface area contributed by atoms with Crippen molar-refractivity contribution in [2.45, 2.75) is 54.1 Å². The molecule has 8 N–H and O–H groups in total. The molecule has 2 saturated heterocycles. The van der Waals surface area contributed by atoms with E-state index in [0.717, 1.165) is 0 Å². The van der Waals surface area contributed by atoms with Gasteiger partial charge in [0.2, 0.25) is 10.4 Å². The molecule has 9 unspecified atom stereocenters. The first kappa shape index (κ1) is 54.5. The van der Waals surface area contributed by atoms with Gasteiger partial charge in [-0.3, -0.25) is 36.1 Å². The molecule has 9 atom stereocenters. The number of rotatable bonds is 20. The Labute approximate surface area is 356 Å². The monoisotopic (exact) mass is 1020 g/mol. The Morgan fingerprint density at radius 2 is 0.911 bits per heavy atom. The van der Waals surface area contributed by atoms with Crippen LogP contribution in [-0.4, -0.2) is 183 Å². The minimum atomic E-state index is -6.86. The maximum Gasteiger partial charge on any atom is 1.00 e. The third-order valence-electron chi connectivity index (χ3n) is 6.12. The molecule has 0 aromatic carbocycles. The molecule has 0 spiro atoms. The van der Waals surface area contributed by atoms with E-state index in [1.54, 1.807) is 0 Å². The molecule has 0 aromatic rings. The van der Waals surface area contributed by atoms with E-state index in [0.29, 0.717) is 0 Å². The zero-order valence-electron chi connectivity index (χ0n) is 26.0. The zero-order chi connectivity index (χ0) is 43.2. The Morgan fingerprint density at radius 3 is 1.29 bits per heavy atom. The number of aliphatic hydroxyl groups excluding tert-OH is 1. The topological polar surface area (TPSA) is 550 Å². The van der Waals surface area contributed by atoms with E-state index in [1.165, 1.54) is 0 Å². The summed E-state index contributed by atoms with van der Waals surface area (Å²) in [6.45, 7) is -7.19. The Bertz CT molecular complexity index is 2320.